The number of benzene rings is 3. The van der Waals surface area contributed by atoms with Crippen LogP contribution in [0.25, 0.3) is 21.0 Å². The summed E-state index contributed by atoms with van der Waals surface area (Å²) in [7, 11) is -0.721. The molecule has 34 heavy (non-hydrogen) atoms. The molecule has 0 bridgehead atoms. The first kappa shape index (κ1) is 24.2. The zero-order valence-corrected chi connectivity index (χ0v) is 20.5. The average molecular weight is 500 g/mol. The van der Waals surface area contributed by atoms with Crippen LogP contribution < -0.4 is 5.32 Å². The van der Waals surface area contributed by atoms with Crippen molar-refractivity contribution in [2.24, 2.45) is 0 Å². The maximum absolute atomic E-state index is 13.0. The topological polar surface area (TPSA) is 97.8 Å². The molecule has 1 N–H and O–H groups in total. The molecule has 1 aromatic heterocycles. The number of carbonyl (C=O) groups is 1. The van der Waals surface area contributed by atoms with Crippen molar-refractivity contribution in [1.29, 1.82) is 0 Å². The van der Waals surface area contributed by atoms with E-state index in [0.29, 0.717) is 10.7 Å². The Morgan fingerprint density at radius 1 is 0.971 bits per heavy atom. The molecule has 0 spiro atoms. The fourth-order valence-electron chi connectivity index (χ4n) is 3.55. The van der Waals surface area contributed by atoms with Crippen LogP contribution in [0.2, 0.25) is 0 Å². The highest BCUT2D eigenvalue weighted by atomic mass is 32.2. The third-order valence-electron chi connectivity index (χ3n) is 5.35. The zero-order valence-electron chi connectivity index (χ0n) is 18.9. The summed E-state index contributed by atoms with van der Waals surface area (Å²) in [5, 5.41) is 5.42. The van der Waals surface area contributed by atoms with Gasteiger partial charge in [-0.2, -0.15) is 4.31 Å². The Labute approximate surface area is 202 Å². The molecular formula is C24H25N3O5S2. The molecule has 0 unspecified atom stereocenters. The van der Waals surface area contributed by atoms with Crippen LogP contribution in [-0.4, -0.2) is 64.1 Å². The summed E-state index contributed by atoms with van der Waals surface area (Å²) in [6.45, 7) is 0.940. The second kappa shape index (κ2) is 10.6. The van der Waals surface area contributed by atoms with E-state index < -0.39 is 10.0 Å². The van der Waals surface area contributed by atoms with Gasteiger partial charge in [-0.05, 0) is 35.7 Å². The number of sulfonamides is 1. The molecule has 0 saturated heterocycles. The van der Waals surface area contributed by atoms with Gasteiger partial charge in [0, 0.05) is 38.3 Å². The Morgan fingerprint density at radius 3 is 2.32 bits per heavy atom. The molecule has 1 heterocycles. The minimum absolute atomic E-state index is 0.0997. The first-order chi connectivity index (χ1) is 16.4. The molecule has 0 saturated carbocycles. The maximum Gasteiger partial charge on any atom is 0.257 e. The lowest BCUT2D eigenvalue weighted by Crippen LogP contribution is -2.36. The van der Waals surface area contributed by atoms with Gasteiger partial charge >= 0.3 is 0 Å². The van der Waals surface area contributed by atoms with Crippen molar-refractivity contribution in [3.05, 3.63) is 66.2 Å². The Balaban J connectivity index is 1.52. The molecule has 4 aromatic rings. The summed E-state index contributed by atoms with van der Waals surface area (Å²) >= 11 is 1.39. The number of hydrogen-bond donors (Lipinski definition) is 1. The Bertz CT molecular complexity index is 1390. The van der Waals surface area contributed by atoms with Crippen molar-refractivity contribution in [3.8, 4) is 0 Å². The molecule has 0 radical (unpaired) electrons. The van der Waals surface area contributed by atoms with E-state index >= 15 is 0 Å². The first-order valence-corrected chi connectivity index (χ1v) is 12.9. The van der Waals surface area contributed by atoms with Crippen molar-refractivity contribution >= 4 is 53.4 Å². The van der Waals surface area contributed by atoms with Crippen LogP contribution in [0, 0.1) is 0 Å². The standard InChI is InChI=1S/C24H25N3O5S2/c1-31-15-13-27(14-16-32-2)34(29,30)19-10-7-18(8-11-19)23(28)26-24-25-22-20-6-4-3-5-17(20)9-12-21(22)33-24/h3-12H,13-16H2,1-2H3,(H,25,26,28). The number of nitrogens with zero attached hydrogens (tertiary/aromatic N) is 2. The lowest BCUT2D eigenvalue weighted by molar-refractivity contribution is 0.102. The van der Waals surface area contributed by atoms with Gasteiger partial charge in [-0.15, -0.1) is 0 Å². The van der Waals surface area contributed by atoms with Crippen molar-refractivity contribution < 1.29 is 22.7 Å². The molecule has 0 atom stereocenters. The number of aromatic nitrogens is 1. The number of carbonyl (C=O) groups excluding carboxylic acids is 1. The Morgan fingerprint density at radius 2 is 1.65 bits per heavy atom. The molecular weight excluding hydrogens is 474 g/mol. The number of hydrogen-bond acceptors (Lipinski definition) is 7. The maximum atomic E-state index is 13.0. The summed E-state index contributed by atoms with van der Waals surface area (Å²) in [5.41, 5.74) is 1.18. The summed E-state index contributed by atoms with van der Waals surface area (Å²) in [4.78, 5) is 17.5. The molecule has 178 valence electrons. The molecule has 0 fully saturated rings. The van der Waals surface area contributed by atoms with E-state index in [4.69, 9.17) is 9.47 Å². The number of nitrogens with one attached hydrogen (secondary N) is 1. The summed E-state index contributed by atoms with van der Waals surface area (Å²) < 4.78 is 38.4. The number of fused-ring (bicyclic) bond motifs is 3. The van der Waals surface area contributed by atoms with Gasteiger partial charge in [-0.3, -0.25) is 10.1 Å². The predicted octanol–water partition coefficient (Wildman–Crippen LogP) is 3.99. The van der Waals surface area contributed by atoms with Crippen molar-refractivity contribution in [1.82, 2.24) is 9.29 Å². The second-order valence-electron chi connectivity index (χ2n) is 7.52. The highest BCUT2D eigenvalue weighted by Crippen LogP contribution is 2.32. The van der Waals surface area contributed by atoms with Gasteiger partial charge in [0.05, 0.1) is 28.3 Å². The van der Waals surface area contributed by atoms with E-state index in [0.717, 1.165) is 21.0 Å². The first-order valence-electron chi connectivity index (χ1n) is 10.6. The number of thiazole rings is 1. The van der Waals surface area contributed by atoms with Gasteiger partial charge in [-0.1, -0.05) is 41.7 Å². The largest absolute Gasteiger partial charge is 0.383 e. The number of rotatable bonds is 10. The van der Waals surface area contributed by atoms with Crippen molar-refractivity contribution in [2.75, 3.05) is 45.8 Å². The lowest BCUT2D eigenvalue weighted by atomic mass is 10.1. The van der Waals surface area contributed by atoms with Gasteiger partial charge in [0.2, 0.25) is 10.0 Å². The number of ether oxygens (including phenoxy) is 2. The molecule has 4 rings (SSSR count). The minimum atomic E-state index is -3.75. The van der Waals surface area contributed by atoms with Gasteiger partial charge in [0.15, 0.2) is 5.13 Å². The molecule has 3 aromatic carbocycles. The van der Waals surface area contributed by atoms with E-state index in [2.05, 4.69) is 10.3 Å². The summed E-state index contributed by atoms with van der Waals surface area (Å²) in [5.74, 6) is -0.358. The van der Waals surface area contributed by atoms with Crippen LogP contribution in [0.5, 0.6) is 0 Å². The number of anilines is 1. The SMILES string of the molecule is COCCN(CCOC)S(=O)(=O)c1ccc(C(=O)Nc2nc3c(ccc4ccccc43)s2)cc1. The second-order valence-corrected chi connectivity index (χ2v) is 10.5. The van der Waals surface area contributed by atoms with E-state index in [1.807, 2.05) is 36.4 Å². The van der Waals surface area contributed by atoms with Crippen LogP contribution in [-0.2, 0) is 19.5 Å². The normalized spacial score (nSPS) is 12.0. The van der Waals surface area contributed by atoms with Gasteiger partial charge < -0.3 is 9.47 Å². The molecule has 0 aliphatic heterocycles. The molecule has 0 aliphatic carbocycles. The average Bonchev–Trinajstić information content (AvgIpc) is 3.27. The third-order valence-corrected chi connectivity index (χ3v) is 8.20. The smallest absolute Gasteiger partial charge is 0.257 e. The van der Waals surface area contributed by atoms with E-state index in [1.165, 1.54) is 54.1 Å². The van der Waals surface area contributed by atoms with Gasteiger partial charge in [-0.25, -0.2) is 13.4 Å². The van der Waals surface area contributed by atoms with E-state index in [-0.39, 0.29) is 37.1 Å². The number of amides is 1. The summed E-state index contributed by atoms with van der Waals surface area (Å²) in [6, 6.07) is 17.8. The molecule has 0 aliphatic rings. The van der Waals surface area contributed by atoms with E-state index in [1.54, 1.807) is 0 Å². The fraction of sp³-hybridized carbons (Fsp3) is 0.250. The highest BCUT2D eigenvalue weighted by molar-refractivity contribution is 7.89. The monoisotopic (exact) mass is 499 g/mol. The van der Waals surface area contributed by atoms with Crippen LogP contribution in [0.15, 0.2) is 65.6 Å². The number of methoxy groups -OCH3 is 2. The molecule has 10 heteroatoms. The van der Waals surface area contributed by atoms with Crippen molar-refractivity contribution in [3.63, 3.8) is 0 Å². The Kier molecular flexibility index (Phi) is 7.54. The van der Waals surface area contributed by atoms with E-state index in [9.17, 15) is 13.2 Å². The van der Waals surface area contributed by atoms with Gasteiger partial charge in [0.1, 0.15) is 0 Å². The zero-order chi connectivity index (χ0) is 24.1. The quantitative estimate of drug-likeness (QED) is 0.354. The highest BCUT2D eigenvalue weighted by Gasteiger charge is 2.24. The third kappa shape index (κ3) is 5.11. The lowest BCUT2D eigenvalue weighted by Gasteiger charge is -2.21. The molecule has 8 nitrogen and oxygen atoms in total. The van der Waals surface area contributed by atoms with Crippen LogP contribution >= 0.6 is 11.3 Å². The van der Waals surface area contributed by atoms with Crippen LogP contribution in [0.4, 0.5) is 5.13 Å². The van der Waals surface area contributed by atoms with Crippen molar-refractivity contribution in [2.45, 2.75) is 4.90 Å². The molecule has 1 amide bonds. The minimum Gasteiger partial charge on any atom is -0.383 e. The van der Waals surface area contributed by atoms with Crippen LogP contribution in [0.1, 0.15) is 10.4 Å². The summed E-state index contributed by atoms with van der Waals surface area (Å²) in [6.07, 6.45) is 0. The predicted molar refractivity (Wildman–Crippen MR) is 134 cm³/mol. The van der Waals surface area contributed by atoms with Crippen LogP contribution in [0.3, 0.4) is 0 Å². The van der Waals surface area contributed by atoms with Gasteiger partial charge in [0.25, 0.3) is 5.91 Å². The Hall–Kier alpha value is -2.89. The fourth-order valence-corrected chi connectivity index (χ4v) is 5.84.